The Morgan fingerprint density at radius 2 is 2.19 bits per heavy atom. The van der Waals surface area contributed by atoms with Gasteiger partial charge in [0.1, 0.15) is 17.3 Å². The number of rotatable bonds is 5. The first-order chi connectivity index (χ1) is 9.79. The zero-order chi connectivity index (χ0) is 15.6. The molecule has 0 saturated carbocycles. The number of carbonyl (C=O) groups is 1. The summed E-state index contributed by atoms with van der Waals surface area (Å²) < 4.78 is 41.0. The van der Waals surface area contributed by atoms with Crippen molar-refractivity contribution in [2.75, 3.05) is 4.72 Å². The third-order valence-corrected chi connectivity index (χ3v) is 3.98. The zero-order valence-electron chi connectivity index (χ0n) is 10.9. The van der Waals surface area contributed by atoms with E-state index in [9.17, 15) is 17.6 Å². The Kier molecular flexibility index (Phi) is 3.94. The molecular formula is C12H12FN3O4S. The maximum atomic E-state index is 13.6. The molecule has 0 bridgehead atoms. The predicted molar refractivity (Wildman–Crippen MR) is 71.8 cm³/mol. The highest BCUT2D eigenvalue weighted by Gasteiger charge is 2.20. The molecule has 2 aromatic rings. The van der Waals surface area contributed by atoms with Crippen molar-refractivity contribution in [2.45, 2.75) is 18.4 Å². The number of nitrogens with one attached hydrogen (secondary N) is 1. The summed E-state index contributed by atoms with van der Waals surface area (Å²) in [6, 6.07) is 4.17. The Morgan fingerprint density at radius 1 is 1.48 bits per heavy atom. The van der Waals surface area contributed by atoms with Crippen molar-refractivity contribution >= 4 is 21.7 Å². The predicted octanol–water partition coefficient (Wildman–Crippen LogP) is 1.22. The van der Waals surface area contributed by atoms with Gasteiger partial charge < -0.3 is 5.11 Å². The van der Waals surface area contributed by atoms with E-state index in [4.69, 9.17) is 5.11 Å². The van der Waals surface area contributed by atoms with Crippen LogP contribution in [0.25, 0.3) is 0 Å². The van der Waals surface area contributed by atoms with E-state index in [0.717, 1.165) is 23.1 Å². The number of benzene rings is 1. The number of nitrogens with zero attached hydrogens (tertiary/aromatic N) is 2. The van der Waals surface area contributed by atoms with Crippen molar-refractivity contribution in [1.29, 1.82) is 0 Å². The first-order valence-corrected chi connectivity index (χ1v) is 7.30. The molecule has 0 atom stereocenters. The molecule has 0 amide bonds. The van der Waals surface area contributed by atoms with E-state index in [2.05, 4.69) is 9.82 Å². The van der Waals surface area contributed by atoms with Crippen molar-refractivity contribution < 1.29 is 22.7 Å². The number of aliphatic carboxylic acids is 1. The molecule has 1 aromatic carbocycles. The Hall–Kier alpha value is -2.42. The summed E-state index contributed by atoms with van der Waals surface area (Å²) >= 11 is 0. The van der Waals surface area contributed by atoms with Gasteiger partial charge in [-0.25, -0.2) is 12.8 Å². The number of halogens is 1. The number of aryl methyl sites for hydroxylation is 1. The lowest BCUT2D eigenvalue weighted by Crippen LogP contribution is -2.14. The van der Waals surface area contributed by atoms with Crippen LogP contribution in [0.4, 0.5) is 10.1 Å². The molecule has 1 aromatic heterocycles. The van der Waals surface area contributed by atoms with Gasteiger partial charge in [-0.1, -0.05) is 12.1 Å². The minimum absolute atomic E-state index is 0.150. The second-order valence-electron chi connectivity index (χ2n) is 4.30. The quantitative estimate of drug-likeness (QED) is 0.864. The molecule has 21 heavy (non-hydrogen) atoms. The first-order valence-electron chi connectivity index (χ1n) is 5.82. The molecule has 0 aliphatic carbocycles. The Morgan fingerprint density at radius 3 is 2.81 bits per heavy atom. The number of para-hydroxylation sites is 1. The van der Waals surface area contributed by atoms with Crippen molar-refractivity contribution in [3.63, 3.8) is 0 Å². The molecule has 7 nitrogen and oxygen atoms in total. The smallest absolute Gasteiger partial charge is 0.325 e. The molecule has 2 rings (SSSR count). The summed E-state index contributed by atoms with van der Waals surface area (Å²) in [7, 11) is -4.04. The van der Waals surface area contributed by atoms with Crippen LogP contribution in [0.1, 0.15) is 5.56 Å². The minimum atomic E-state index is -4.04. The average molecular weight is 313 g/mol. The van der Waals surface area contributed by atoms with Gasteiger partial charge >= 0.3 is 5.97 Å². The molecule has 0 saturated heterocycles. The SMILES string of the molecule is Cc1cccc(F)c1NS(=O)(=O)c1cnn(CC(=O)O)c1. The second-order valence-corrected chi connectivity index (χ2v) is 5.99. The van der Waals surface area contributed by atoms with E-state index in [1.807, 2.05) is 0 Å². The van der Waals surface area contributed by atoms with Crippen LogP contribution in [0.15, 0.2) is 35.5 Å². The highest BCUT2D eigenvalue weighted by Crippen LogP contribution is 2.22. The molecule has 1 heterocycles. The lowest BCUT2D eigenvalue weighted by molar-refractivity contribution is -0.137. The molecule has 0 unspecified atom stereocenters. The number of hydrogen-bond acceptors (Lipinski definition) is 4. The van der Waals surface area contributed by atoms with Gasteiger partial charge in [-0.05, 0) is 18.6 Å². The normalized spacial score (nSPS) is 11.3. The van der Waals surface area contributed by atoms with Crippen LogP contribution >= 0.6 is 0 Å². The Balaban J connectivity index is 2.30. The summed E-state index contributed by atoms with van der Waals surface area (Å²) in [5, 5.41) is 12.2. The van der Waals surface area contributed by atoms with Crippen molar-refractivity contribution in [3.8, 4) is 0 Å². The lowest BCUT2D eigenvalue weighted by Gasteiger charge is -2.09. The largest absolute Gasteiger partial charge is 0.480 e. The molecule has 112 valence electrons. The van der Waals surface area contributed by atoms with Crippen LogP contribution in [-0.4, -0.2) is 29.3 Å². The van der Waals surface area contributed by atoms with Crippen LogP contribution in [0.3, 0.4) is 0 Å². The number of carboxylic acids is 1. The van der Waals surface area contributed by atoms with Crippen molar-refractivity contribution in [3.05, 3.63) is 42.0 Å². The molecule has 0 aliphatic rings. The molecule has 0 radical (unpaired) electrons. The molecule has 0 spiro atoms. The Bertz CT molecular complexity index is 765. The third kappa shape index (κ3) is 3.37. The van der Waals surface area contributed by atoms with Crippen LogP contribution in [0.5, 0.6) is 0 Å². The fraction of sp³-hybridized carbons (Fsp3) is 0.167. The van der Waals surface area contributed by atoms with Crippen LogP contribution in [0.2, 0.25) is 0 Å². The minimum Gasteiger partial charge on any atom is -0.480 e. The highest BCUT2D eigenvalue weighted by molar-refractivity contribution is 7.92. The van der Waals surface area contributed by atoms with Gasteiger partial charge in [-0.3, -0.25) is 14.2 Å². The number of sulfonamides is 1. The standard InChI is InChI=1S/C12H12FN3O4S/c1-8-3-2-4-10(13)12(8)15-21(19,20)9-5-14-16(6-9)7-11(17)18/h2-6,15H,7H2,1H3,(H,17,18). The van der Waals surface area contributed by atoms with Crippen molar-refractivity contribution in [2.24, 2.45) is 0 Å². The van der Waals surface area contributed by atoms with Gasteiger partial charge in [0.15, 0.2) is 0 Å². The van der Waals surface area contributed by atoms with E-state index in [0.29, 0.717) is 5.56 Å². The maximum absolute atomic E-state index is 13.6. The van der Waals surface area contributed by atoms with Crippen molar-refractivity contribution in [1.82, 2.24) is 9.78 Å². The number of carboxylic acid groups (broad SMARTS) is 1. The van der Waals surface area contributed by atoms with E-state index >= 15 is 0 Å². The Labute approximate surface area is 120 Å². The van der Waals surface area contributed by atoms with Crippen LogP contribution < -0.4 is 4.72 Å². The molecule has 0 fully saturated rings. The third-order valence-electron chi connectivity index (χ3n) is 2.68. The summed E-state index contributed by atoms with van der Waals surface area (Å²) in [6.45, 7) is 1.10. The van der Waals surface area contributed by atoms with Gasteiger partial charge in [0.2, 0.25) is 0 Å². The van der Waals surface area contributed by atoms with Gasteiger partial charge in [0, 0.05) is 6.20 Å². The molecule has 0 aliphatic heterocycles. The molecular weight excluding hydrogens is 301 g/mol. The zero-order valence-corrected chi connectivity index (χ0v) is 11.8. The molecule has 9 heteroatoms. The second kappa shape index (κ2) is 5.52. The number of anilines is 1. The fourth-order valence-corrected chi connectivity index (χ4v) is 2.75. The monoisotopic (exact) mass is 313 g/mol. The van der Waals surface area contributed by atoms with E-state index in [1.165, 1.54) is 6.07 Å². The summed E-state index contributed by atoms with van der Waals surface area (Å²) in [5.41, 5.74) is 0.278. The van der Waals surface area contributed by atoms with Gasteiger partial charge in [-0.2, -0.15) is 5.10 Å². The summed E-state index contributed by atoms with van der Waals surface area (Å²) in [5.74, 6) is -1.85. The first kappa shape index (κ1) is 15.0. The van der Waals surface area contributed by atoms with Gasteiger partial charge in [0.25, 0.3) is 10.0 Å². The molecule has 2 N–H and O–H groups in total. The topological polar surface area (TPSA) is 101 Å². The van der Waals surface area contributed by atoms with E-state index in [-0.39, 0.29) is 10.6 Å². The number of hydrogen-bond donors (Lipinski definition) is 2. The highest BCUT2D eigenvalue weighted by atomic mass is 32.2. The average Bonchev–Trinajstić information content (AvgIpc) is 2.82. The van der Waals surface area contributed by atoms with E-state index in [1.54, 1.807) is 13.0 Å². The van der Waals surface area contributed by atoms with Gasteiger partial charge in [-0.15, -0.1) is 0 Å². The van der Waals surface area contributed by atoms with Crippen LogP contribution in [-0.2, 0) is 21.4 Å². The lowest BCUT2D eigenvalue weighted by atomic mass is 10.2. The number of aromatic nitrogens is 2. The maximum Gasteiger partial charge on any atom is 0.325 e. The van der Waals surface area contributed by atoms with E-state index < -0.39 is 28.4 Å². The summed E-state index contributed by atoms with van der Waals surface area (Å²) in [4.78, 5) is 10.3. The fourth-order valence-electron chi connectivity index (χ4n) is 1.66. The summed E-state index contributed by atoms with van der Waals surface area (Å²) in [6.07, 6.45) is 2.06. The van der Waals surface area contributed by atoms with Gasteiger partial charge in [0.05, 0.1) is 11.9 Å². The van der Waals surface area contributed by atoms with Crippen LogP contribution in [0, 0.1) is 12.7 Å².